The van der Waals surface area contributed by atoms with Gasteiger partial charge < -0.3 is 18.5 Å². The minimum Gasteiger partial charge on any atom is -0.461 e. The molecule has 0 atom stereocenters. The van der Waals surface area contributed by atoms with Crippen LogP contribution in [0, 0.1) is 0 Å². The van der Waals surface area contributed by atoms with Gasteiger partial charge in [-0.25, -0.2) is 4.98 Å². The highest BCUT2D eigenvalue weighted by molar-refractivity contribution is 5.97. The first-order chi connectivity index (χ1) is 10.8. The molecule has 0 radical (unpaired) electrons. The molecule has 0 N–H and O–H groups in total. The minimum atomic E-state index is -0.119. The predicted octanol–water partition coefficient (Wildman–Crippen LogP) is 1.34. The van der Waals surface area contributed by atoms with Crippen LogP contribution < -0.4 is 0 Å². The maximum Gasteiger partial charge on any atom is 0.276 e. The fourth-order valence-electron chi connectivity index (χ4n) is 2.53. The van der Waals surface area contributed by atoms with Crippen LogP contribution in [0.3, 0.4) is 0 Å². The molecule has 1 amide bonds. The second kappa shape index (κ2) is 6.76. The van der Waals surface area contributed by atoms with E-state index in [-0.39, 0.29) is 5.91 Å². The molecule has 0 unspecified atom stereocenters. The summed E-state index contributed by atoms with van der Waals surface area (Å²) in [7, 11) is 1.69. The molecule has 3 rings (SSSR count). The number of aromatic nitrogens is 1. The number of furan rings is 1. The van der Waals surface area contributed by atoms with Gasteiger partial charge in [-0.05, 0) is 12.1 Å². The molecule has 22 heavy (non-hydrogen) atoms. The number of amides is 1. The summed E-state index contributed by atoms with van der Waals surface area (Å²) in [6, 6.07) is 3.50. The van der Waals surface area contributed by atoms with Gasteiger partial charge >= 0.3 is 0 Å². The molecule has 1 fully saturated rings. The molecule has 7 nitrogen and oxygen atoms in total. The van der Waals surface area contributed by atoms with Crippen molar-refractivity contribution in [3.8, 4) is 11.5 Å². The first kappa shape index (κ1) is 14.8. The molecular weight excluding hydrogens is 286 g/mol. The summed E-state index contributed by atoms with van der Waals surface area (Å²) in [4.78, 5) is 20.8. The van der Waals surface area contributed by atoms with Gasteiger partial charge in [0.1, 0.15) is 0 Å². The Labute approximate surface area is 128 Å². The van der Waals surface area contributed by atoms with Crippen LogP contribution in [0.5, 0.6) is 0 Å². The molecule has 118 valence electrons. The number of hydrogen-bond acceptors (Lipinski definition) is 6. The number of piperazine rings is 1. The van der Waals surface area contributed by atoms with Gasteiger partial charge in [-0.3, -0.25) is 9.69 Å². The maximum atomic E-state index is 12.6. The third-order valence-electron chi connectivity index (χ3n) is 3.79. The Morgan fingerprint density at radius 1 is 1.32 bits per heavy atom. The van der Waals surface area contributed by atoms with E-state index in [1.165, 1.54) is 6.39 Å². The second-order valence-electron chi connectivity index (χ2n) is 5.13. The van der Waals surface area contributed by atoms with Gasteiger partial charge in [0, 0.05) is 39.8 Å². The second-order valence-corrected chi connectivity index (χ2v) is 5.13. The molecule has 0 bridgehead atoms. The summed E-state index contributed by atoms with van der Waals surface area (Å²) < 4.78 is 15.7. The van der Waals surface area contributed by atoms with Crippen LogP contribution in [0.25, 0.3) is 11.5 Å². The zero-order chi connectivity index (χ0) is 15.4. The summed E-state index contributed by atoms with van der Waals surface area (Å²) in [5.41, 5.74) is 0.306. The van der Waals surface area contributed by atoms with Crippen LogP contribution in [0.2, 0.25) is 0 Å². The topological polar surface area (TPSA) is 72.0 Å². The van der Waals surface area contributed by atoms with Crippen LogP contribution >= 0.6 is 0 Å². The smallest absolute Gasteiger partial charge is 0.276 e. The molecule has 0 aromatic carbocycles. The van der Waals surface area contributed by atoms with Crippen molar-refractivity contribution in [3.05, 3.63) is 30.5 Å². The highest BCUT2D eigenvalue weighted by Crippen LogP contribution is 2.24. The highest BCUT2D eigenvalue weighted by Gasteiger charge is 2.27. The van der Waals surface area contributed by atoms with Crippen molar-refractivity contribution in [1.82, 2.24) is 14.8 Å². The number of carbonyl (C=O) groups excluding carboxylic acids is 1. The van der Waals surface area contributed by atoms with E-state index in [0.29, 0.717) is 36.9 Å². The van der Waals surface area contributed by atoms with E-state index in [1.807, 2.05) is 0 Å². The molecule has 0 spiro atoms. The third-order valence-corrected chi connectivity index (χ3v) is 3.79. The summed E-state index contributed by atoms with van der Waals surface area (Å²) in [5, 5.41) is 0. The van der Waals surface area contributed by atoms with Crippen molar-refractivity contribution in [3.63, 3.8) is 0 Å². The lowest BCUT2D eigenvalue weighted by molar-refractivity contribution is 0.0589. The van der Waals surface area contributed by atoms with E-state index in [1.54, 1.807) is 30.4 Å². The molecular formula is C15H19N3O4. The number of methoxy groups -OCH3 is 1. The van der Waals surface area contributed by atoms with Crippen molar-refractivity contribution >= 4 is 5.91 Å². The van der Waals surface area contributed by atoms with Gasteiger partial charge in [0.2, 0.25) is 5.76 Å². The Hall–Kier alpha value is -2.12. The number of oxazole rings is 1. The number of ether oxygens (including phenoxy) is 1. The van der Waals surface area contributed by atoms with E-state index in [4.69, 9.17) is 13.6 Å². The molecule has 7 heteroatoms. The van der Waals surface area contributed by atoms with Crippen molar-refractivity contribution in [2.45, 2.75) is 0 Å². The Kier molecular flexibility index (Phi) is 4.55. The SMILES string of the molecule is COCCN1CCN(C(=O)c2ncoc2-c2ccco2)CC1. The number of rotatable bonds is 5. The van der Waals surface area contributed by atoms with Crippen molar-refractivity contribution in [2.24, 2.45) is 0 Å². The van der Waals surface area contributed by atoms with Crippen molar-refractivity contribution < 1.29 is 18.4 Å². The lowest BCUT2D eigenvalue weighted by Gasteiger charge is -2.34. The van der Waals surface area contributed by atoms with E-state index >= 15 is 0 Å². The quantitative estimate of drug-likeness (QED) is 0.830. The first-order valence-corrected chi connectivity index (χ1v) is 7.27. The van der Waals surface area contributed by atoms with E-state index in [0.717, 1.165) is 19.6 Å². The fraction of sp³-hybridized carbons (Fsp3) is 0.467. The Morgan fingerprint density at radius 2 is 2.14 bits per heavy atom. The average Bonchev–Trinajstić information content (AvgIpc) is 3.23. The van der Waals surface area contributed by atoms with Gasteiger partial charge in [-0.15, -0.1) is 0 Å². The largest absolute Gasteiger partial charge is 0.461 e. The van der Waals surface area contributed by atoms with Gasteiger partial charge in [-0.2, -0.15) is 0 Å². The molecule has 0 saturated carbocycles. The monoisotopic (exact) mass is 305 g/mol. The fourth-order valence-corrected chi connectivity index (χ4v) is 2.53. The van der Waals surface area contributed by atoms with E-state index in [2.05, 4.69) is 9.88 Å². The van der Waals surface area contributed by atoms with Crippen molar-refractivity contribution in [1.29, 1.82) is 0 Å². The third kappa shape index (κ3) is 3.05. The maximum absolute atomic E-state index is 12.6. The first-order valence-electron chi connectivity index (χ1n) is 7.27. The van der Waals surface area contributed by atoms with Gasteiger partial charge in [0.15, 0.2) is 17.8 Å². The lowest BCUT2D eigenvalue weighted by atomic mass is 10.2. The molecule has 1 aliphatic heterocycles. The Bertz CT molecular complexity index is 600. The van der Waals surface area contributed by atoms with Crippen LogP contribution in [-0.4, -0.2) is 67.1 Å². The summed E-state index contributed by atoms with van der Waals surface area (Å²) in [5.74, 6) is 0.780. The van der Waals surface area contributed by atoms with E-state index < -0.39 is 0 Å². The van der Waals surface area contributed by atoms with Crippen molar-refractivity contribution in [2.75, 3.05) is 46.4 Å². The Morgan fingerprint density at radius 3 is 2.82 bits per heavy atom. The molecule has 1 saturated heterocycles. The van der Waals surface area contributed by atoms with E-state index in [9.17, 15) is 4.79 Å². The zero-order valence-electron chi connectivity index (χ0n) is 12.5. The Balaban J connectivity index is 1.65. The molecule has 3 heterocycles. The van der Waals surface area contributed by atoms with Gasteiger partial charge in [-0.1, -0.05) is 0 Å². The number of nitrogens with zero attached hydrogens (tertiary/aromatic N) is 3. The minimum absolute atomic E-state index is 0.119. The molecule has 1 aliphatic rings. The highest BCUT2D eigenvalue weighted by atomic mass is 16.5. The average molecular weight is 305 g/mol. The van der Waals surface area contributed by atoms with Crippen LogP contribution in [-0.2, 0) is 4.74 Å². The van der Waals surface area contributed by atoms with Crippen LogP contribution in [0.15, 0.2) is 33.6 Å². The molecule has 2 aromatic rings. The van der Waals surface area contributed by atoms with Crippen LogP contribution in [0.1, 0.15) is 10.5 Å². The lowest BCUT2D eigenvalue weighted by Crippen LogP contribution is -2.49. The summed E-state index contributed by atoms with van der Waals surface area (Å²) in [6.45, 7) is 4.62. The number of hydrogen-bond donors (Lipinski definition) is 0. The standard InChI is InChI=1S/C15H19N3O4/c1-20-10-8-17-4-6-18(7-5-17)15(19)13-14(22-11-16-13)12-3-2-9-21-12/h2-3,9,11H,4-8,10H2,1H3. The van der Waals surface area contributed by atoms with Gasteiger partial charge in [0.25, 0.3) is 5.91 Å². The molecule has 2 aromatic heterocycles. The van der Waals surface area contributed by atoms with Gasteiger partial charge in [0.05, 0.1) is 12.9 Å². The predicted molar refractivity (Wildman–Crippen MR) is 78.4 cm³/mol. The zero-order valence-corrected chi connectivity index (χ0v) is 12.5. The summed E-state index contributed by atoms with van der Waals surface area (Å²) in [6.07, 6.45) is 2.82. The summed E-state index contributed by atoms with van der Waals surface area (Å²) >= 11 is 0. The number of carbonyl (C=O) groups is 1. The molecule has 0 aliphatic carbocycles. The normalized spacial score (nSPS) is 16.1. The van der Waals surface area contributed by atoms with Crippen LogP contribution in [0.4, 0.5) is 0 Å².